The van der Waals surface area contributed by atoms with E-state index in [9.17, 15) is 4.79 Å². The number of rotatable bonds is 3. The summed E-state index contributed by atoms with van der Waals surface area (Å²) < 4.78 is 2.14. The molecule has 2 rings (SSSR count). The molecule has 0 aliphatic carbocycles. The van der Waals surface area contributed by atoms with Gasteiger partial charge in [0.05, 0.1) is 17.5 Å². The fourth-order valence-electron chi connectivity index (χ4n) is 2.02. The highest BCUT2D eigenvalue weighted by Gasteiger charge is 2.13. The van der Waals surface area contributed by atoms with Gasteiger partial charge in [-0.2, -0.15) is 0 Å². The predicted molar refractivity (Wildman–Crippen MR) is 87.2 cm³/mol. The lowest BCUT2D eigenvalue weighted by Crippen LogP contribution is -2.09. The molecule has 0 amide bonds. The van der Waals surface area contributed by atoms with Gasteiger partial charge in [0.15, 0.2) is 0 Å². The van der Waals surface area contributed by atoms with Crippen LogP contribution in [0, 0.1) is 0 Å². The number of hydrogen-bond acceptors (Lipinski definition) is 2. The van der Waals surface area contributed by atoms with E-state index in [0.717, 1.165) is 16.9 Å². The van der Waals surface area contributed by atoms with Gasteiger partial charge in [0.2, 0.25) is 0 Å². The van der Waals surface area contributed by atoms with Gasteiger partial charge in [-0.1, -0.05) is 39.8 Å². The zero-order chi connectivity index (χ0) is 15.7. The maximum absolute atomic E-state index is 11.2. The normalized spacial score (nSPS) is 9.60. The molecule has 2 aromatic rings. The Labute approximate surface area is 123 Å². The van der Waals surface area contributed by atoms with E-state index in [2.05, 4.69) is 23.4 Å². The summed E-state index contributed by atoms with van der Waals surface area (Å²) in [5.41, 5.74) is 2.07. The fourth-order valence-corrected chi connectivity index (χ4v) is 2.02. The summed E-state index contributed by atoms with van der Waals surface area (Å²) in [7, 11) is 0. The summed E-state index contributed by atoms with van der Waals surface area (Å²) in [5, 5.41) is 0. The summed E-state index contributed by atoms with van der Waals surface area (Å²) in [5.74, 6) is 1.01. The smallest absolute Gasteiger partial charge is 0.137 e. The summed E-state index contributed by atoms with van der Waals surface area (Å²) in [6.07, 6.45) is 0.410. The van der Waals surface area contributed by atoms with Crippen LogP contribution in [0.1, 0.15) is 60.3 Å². The van der Waals surface area contributed by atoms with Crippen LogP contribution in [0.5, 0.6) is 0 Å². The van der Waals surface area contributed by atoms with Crippen LogP contribution in [0.15, 0.2) is 24.3 Å². The molecule has 3 nitrogen and oxygen atoms in total. The van der Waals surface area contributed by atoms with Gasteiger partial charge in [0, 0.05) is 6.04 Å². The van der Waals surface area contributed by atoms with E-state index in [4.69, 9.17) is 0 Å². The lowest BCUT2D eigenvalue weighted by atomic mass is 10.2. The molecule has 3 heteroatoms. The van der Waals surface area contributed by atoms with Crippen molar-refractivity contribution in [3.63, 3.8) is 0 Å². The fraction of sp³-hybridized carbons (Fsp3) is 0.529. The van der Waals surface area contributed by atoms with E-state index in [1.54, 1.807) is 6.92 Å². The van der Waals surface area contributed by atoms with Crippen LogP contribution in [0.25, 0.3) is 11.0 Å². The molecule has 0 unspecified atom stereocenters. The second kappa shape index (κ2) is 9.29. The Kier molecular flexibility index (Phi) is 8.53. The van der Waals surface area contributed by atoms with E-state index < -0.39 is 0 Å². The van der Waals surface area contributed by atoms with Crippen molar-refractivity contribution in [1.29, 1.82) is 0 Å². The third-order valence-corrected chi connectivity index (χ3v) is 2.59. The van der Waals surface area contributed by atoms with Crippen LogP contribution in [0.4, 0.5) is 0 Å². The maximum atomic E-state index is 11.2. The topological polar surface area (TPSA) is 34.9 Å². The second-order valence-electron chi connectivity index (χ2n) is 4.36. The quantitative estimate of drug-likeness (QED) is 0.807. The number of imidazole rings is 1. The van der Waals surface area contributed by atoms with Crippen LogP contribution < -0.4 is 0 Å². The number of ketones is 1. The molecule has 0 saturated carbocycles. The first kappa shape index (κ1) is 18.4. The van der Waals surface area contributed by atoms with Crippen LogP contribution in [-0.2, 0) is 11.2 Å². The second-order valence-corrected chi connectivity index (χ2v) is 4.36. The van der Waals surface area contributed by atoms with Crippen molar-refractivity contribution in [3.8, 4) is 0 Å². The number of aromatic nitrogens is 2. The highest BCUT2D eigenvalue weighted by atomic mass is 16.1. The summed E-state index contributed by atoms with van der Waals surface area (Å²) in [4.78, 5) is 15.7. The predicted octanol–water partition coefficient (Wildman–Crippen LogP) is 4.80. The molecule has 0 radical (unpaired) electrons. The van der Waals surface area contributed by atoms with Gasteiger partial charge in [-0.15, -0.1) is 0 Å². The highest BCUT2D eigenvalue weighted by Crippen LogP contribution is 2.21. The summed E-state index contributed by atoms with van der Waals surface area (Å²) >= 11 is 0. The molecule has 1 aromatic carbocycles. The Morgan fingerprint density at radius 1 is 1.15 bits per heavy atom. The summed E-state index contributed by atoms with van der Waals surface area (Å²) in [6.45, 7) is 13.8. The van der Waals surface area contributed by atoms with Crippen molar-refractivity contribution in [3.05, 3.63) is 30.1 Å². The number of hydrogen-bond donors (Lipinski definition) is 0. The molecule has 1 aromatic heterocycles. The minimum absolute atomic E-state index is 0.150. The molecule has 0 saturated heterocycles. The van der Waals surface area contributed by atoms with E-state index in [-0.39, 0.29) is 5.78 Å². The van der Waals surface area contributed by atoms with Crippen molar-refractivity contribution in [2.45, 2.75) is 60.9 Å². The van der Waals surface area contributed by atoms with Gasteiger partial charge in [-0.3, -0.25) is 4.79 Å². The number of benzene rings is 1. The molecule has 0 aliphatic rings. The number of Topliss-reactive ketones (excluding diaryl/α,β-unsaturated/α-hetero) is 1. The van der Waals surface area contributed by atoms with E-state index in [1.165, 1.54) is 0 Å². The molecule has 20 heavy (non-hydrogen) atoms. The standard InChI is InChI=1S/C13H16N2O.2C2H6/c1-9(2)15-12-7-5-4-6-11(12)14-13(15)8-10(3)16;2*1-2/h4-7,9H,8H2,1-3H3;2*1-2H3. The molecule has 1 heterocycles. The average molecular weight is 276 g/mol. The first-order chi connectivity index (χ1) is 9.59. The largest absolute Gasteiger partial charge is 0.325 e. The van der Waals surface area contributed by atoms with Gasteiger partial charge in [0.1, 0.15) is 11.6 Å². The lowest BCUT2D eigenvalue weighted by molar-refractivity contribution is -0.116. The zero-order valence-electron chi connectivity index (χ0n) is 13.9. The zero-order valence-corrected chi connectivity index (χ0v) is 13.9. The molecule has 112 valence electrons. The van der Waals surface area contributed by atoms with Crippen molar-refractivity contribution in [1.82, 2.24) is 9.55 Å². The lowest BCUT2D eigenvalue weighted by Gasteiger charge is -2.11. The minimum Gasteiger partial charge on any atom is -0.325 e. The monoisotopic (exact) mass is 276 g/mol. The number of para-hydroxylation sites is 2. The third-order valence-electron chi connectivity index (χ3n) is 2.59. The molecular formula is C17H28N2O. The Morgan fingerprint density at radius 2 is 1.70 bits per heavy atom. The Balaban J connectivity index is 0.000000829. The molecule has 0 bridgehead atoms. The number of nitrogens with zero attached hydrogens (tertiary/aromatic N) is 2. The Bertz CT molecular complexity index is 527. The van der Waals surface area contributed by atoms with Gasteiger partial charge in [-0.05, 0) is 32.9 Å². The number of carbonyl (C=O) groups excluding carboxylic acids is 1. The molecular weight excluding hydrogens is 248 g/mol. The van der Waals surface area contributed by atoms with Crippen molar-refractivity contribution >= 4 is 16.8 Å². The van der Waals surface area contributed by atoms with Crippen LogP contribution in [-0.4, -0.2) is 15.3 Å². The molecule has 0 N–H and O–H groups in total. The van der Waals surface area contributed by atoms with Crippen LogP contribution in [0.2, 0.25) is 0 Å². The molecule has 0 spiro atoms. The number of fused-ring (bicyclic) bond motifs is 1. The van der Waals surface area contributed by atoms with Crippen molar-refractivity contribution < 1.29 is 4.79 Å². The van der Waals surface area contributed by atoms with Gasteiger partial charge < -0.3 is 4.57 Å². The van der Waals surface area contributed by atoms with E-state index >= 15 is 0 Å². The minimum atomic E-state index is 0.150. The Hall–Kier alpha value is -1.64. The third kappa shape index (κ3) is 4.48. The first-order valence-electron chi connectivity index (χ1n) is 7.55. The van der Waals surface area contributed by atoms with Crippen molar-refractivity contribution in [2.75, 3.05) is 0 Å². The van der Waals surface area contributed by atoms with Gasteiger partial charge in [-0.25, -0.2) is 4.98 Å². The van der Waals surface area contributed by atoms with E-state index in [1.807, 2.05) is 52.0 Å². The summed E-state index contributed by atoms with van der Waals surface area (Å²) in [6, 6.07) is 8.32. The molecule has 0 aliphatic heterocycles. The average Bonchev–Trinajstić information content (AvgIpc) is 2.80. The van der Waals surface area contributed by atoms with Gasteiger partial charge in [0.25, 0.3) is 0 Å². The van der Waals surface area contributed by atoms with Gasteiger partial charge >= 0.3 is 0 Å². The maximum Gasteiger partial charge on any atom is 0.137 e. The number of carbonyl (C=O) groups is 1. The highest BCUT2D eigenvalue weighted by molar-refractivity contribution is 5.81. The SMILES string of the molecule is CC.CC.CC(=O)Cc1nc2ccccc2n1C(C)C. The molecule has 0 atom stereocenters. The first-order valence-corrected chi connectivity index (χ1v) is 7.55. The van der Waals surface area contributed by atoms with Crippen LogP contribution >= 0.6 is 0 Å². The van der Waals surface area contributed by atoms with Crippen LogP contribution in [0.3, 0.4) is 0 Å². The Morgan fingerprint density at radius 3 is 2.20 bits per heavy atom. The molecule has 0 fully saturated rings. The van der Waals surface area contributed by atoms with E-state index in [0.29, 0.717) is 12.5 Å². The van der Waals surface area contributed by atoms with Crippen molar-refractivity contribution in [2.24, 2.45) is 0 Å².